The van der Waals surface area contributed by atoms with Crippen LogP contribution in [0.2, 0.25) is 0 Å². The fourth-order valence-electron chi connectivity index (χ4n) is 4.45. The van der Waals surface area contributed by atoms with Crippen molar-refractivity contribution >= 4 is 5.69 Å². The molecule has 1 aromatic heterocycles. The third-order valence-corrected chi connectivity index (χ3v) is 5.66. The number of pyridine rings is 1. The molecule has 2 aliphatic heterocycles. The highest BCUT2D eigenvalue weighted by Crippen LogP contribution is 2.34. The predicted octanol–water partition coefficient (Wildman–Crippen LogP) is 1.75. The summed E-state index contributed by atoms with van der Waals surface area (Å²) < 4.78 is 7.10. The highest BCUT2D eigenvalue weighted by atomic mass is 16.5. The molecule has 0 unspecified atom stereocenters. The average molecular weight is 369 g/mol. The molecule has 0 spiro atoms. The lowest BCUT2D eigenvalue weighted by Gasteiger charge is -2.43. The Bertz CT molecular complexity index is 833. The topological polar surface area (TPSA) is 66.7 Å². The summed E-state index contributed by atoms with van der Waals surface area (Å²) in [4.78, 5) is 14.5. The first-order valence-electron chi connectivity index (χ1n) is 9.60. The number of benzene rings is 1. The average Bonchev–Trinajstić information content (AvgIpc) is 2.67. The van der Waals surface area contributed by atoms with Crippen molar-refractivity contribution in [2.45, 2.75) is 25.0 Å². The second-order valence-corrected chi connectivity index (χ2v) is 7.68. The Morgan fingerprint density at radius 3 is 2.78 bits per heavy atom. The molecule has 1 aromatic carbocycles. The van der Waals surface area contributed by atoms with Gasteiger partial charge in [-0.15, -0.1) is 0 Å². The van der Waals surface area contributed by atoms with Crippen molar-refractivity contribution in [1.29, 1.82) is 0 Å². The van der Waals surface area contributed by atoms with Gasteiger partial charge in [0.1, 0.15) is 5.75 Å². The van der Waals surface area contributed by atoms with Crippen LogP contribution in [0.15, 0.2) is 47.3 Å². The van der Waals surface area contributed by atoms with Crippen LogP contribution < -0.4 is 15.6 Å². The summed E-state index contributed by atoms with van der Waals surface area (Å²) in [5, 5.41) is 13.8. The van der Waals surface area contributed by atoms with Crippen LogP contribution in [0.5, 0.6) is 5.75 Å². The molecule has 2 aliphatic rings. The monoisotopic (exact) mass is 369 g/mol. The molecule has 4 rings (SSSR count). The number of aromatic nitrogens is 1. The molecule has 144 valence electrons. The Balaban J connectivity index is 1.33. The molecular weight excluding hydrogens is 342 g/mol. The van der Waals surface area contributed by atoms with E-state index in [1.807, 2.05) is 34.9 Å². The maximum absolute atomic E-state index is 12.1. The zero-order valence-corrected chi connectivity index (χ0v) is 15.7. The van der Waals surface area contributed by atoms with Crippen LogP contribution in [0.3, 0.4) is 0 Å². The Morgan fingerprint density at radius 1 is 1.19 bits per heavy atom. The number of methoxy groups -OCH3 is 1. The van der Waals surface area contributed by atoms with Gasteiger partial charge in [0.05, 0.1) is 13.2 Å². The van der Waals surface area contributed by atoms with Crippen LogP contribution in [0.4, 0.5) is 5.69 Å². The zero-order valence-electron chi connectivity index (χ0n) is 15.7. The van der Waals surface area contributed by atoms with Gasteiger partial charge in [0.2, 0.25) is 0 Å². The maximum atomic E-state index is 12.1. The summed E-state index contributed by atoms with van der Waals surface area (Å²) >= 11 is 0. The molecule has 0 saturated carbocycles. The molecule has 3 heterocycles. The number of hydrogen-bond acceptors (Lipinski definition) is 5. The third-order valence-electron chi connectivity index (χ3n) is 5.66. The molecule has 0 amide bonds. The van der Waals surface area contributed by atoms with Crippen LogP contribution in [0.1, 0.15) is 18.0 Å². The summed E-state index contributed by atoms with van der Waals surface area (Å²) in [5.41, 5.74) is 2.23. The van der Waals surface area contributed by atoms with E-state index in [1.54, 1.807) is 13.2 Å². The van der Waals surface area contributed by atoms with Crippen LogP contribution in [0, 0.1) is 5.92 Å². The van der Waals surface area contributed by atoms with Crippen molar-refractivity contribution in [2.75, 3.05) is 38.6 Å². The van der Waals surface area contributed by atoms with Gasteiger partial charge in [0.25, 0.3) is 5.56 Å². The first-order chi connectivity index (χ1) is 13.1. The molecule has 0 radical (unpaired) electrons. The SMILES string of the molecule is COc1ccc(NC[C@H](O)CN2C[C@H]3C[C@@H](C2)c2cccc(=O)n2C3)cc1. The largest absolute Gasteiger partial charge is 0.497 e. The van der Waals surface area contributed by atoms with E-state index < -0.39 is 6.10 Å². The molecule has 2 bridgehead atoms. The van der Waals surface area contributed by atoms with E-state index in [0.717, 1.165) is 43.2 Å². The lowest BCUT2D eigenvalue weighted by molar-refractivity contribution is 0.0676. The van der Waals surface area contributed by atoms with Gasteiger partial charge >= 0.3 is 0 Å². The maximum Gasteiger partial charge on any atom is 0.250 e. The number of hydrogen-bond donors (Lipinski definition) is 2. The van der Waals surface area contributed by atoms with Gasteiger partial charge in [0.15, 0.2) is 0 Å². The van der Waals surface area contributed by atoms with E-state index in [9.17, 15) is 9.90 Å². The third kappa shape index (κ3) is 4.01. The minimum Gasteiger partial charge on any atom is -0.497 e. The summed E-state index contributed by atoms with van der Waals surface area (Å²) in [6.07, 6.45) is 0.698. The molecule has 27 heavy (non-hydrogen) atoms. The Hall–Kier alpha value is -2.31. The van der Waals surface area contributed by atoms with E-state index in [0.29, 0.717) is 24.9 Å². The normalized spacial score (nSPS) is 22.7. The number of aliphatic hydroxyl groups excluding tert-OH is 1. The van der Waals surface area contributed by atoms with E-state index in [-0.39, 0.29) is 5.56 Å². The van der Waals surface area contributed by atoms with Crippen LogP contribution in [-0.4, -0.2) is 54.0 Å². The number of nitrogens with zero attached hydrogens (tertiary/aromatic N) is 2. The molecular formula is C21H27N3O3. The lowest BCUT2D eigenvalue weighted by atomic mass is 9.83. The molecule has 0 aliphatic carbocycles. The number of fused-ring (bicyclic) bond motifs is 4. The fourth-order valence-corrected chi connectivity index (χ4v) is 4.45. The smallest absolute Gasteiger partial charge is 0.250 e. The fraction of sp³-hybridized carbons (Fsp3) is 0.476. The standard InChI is InChI=1S/C21H27N3O3/c1-27-19-7-5-17(6-8-19)22-10-18(25)14-23-11-15-9-16(13-23)20-3-2-4-21(26)24(20)12-15/h2-8,15-16,18,22,25H,9-14H2,1H3/t15-,16+,18+/m1/s1. The second kappa shape index (κ2) is 7.74. The quantitative estimate of drug-likeness (QED) is 0.812. The highest BCUT2D eigenvalue weighted by molar-refractivity contribution is 5.46. The van der Waals surface area contributed by atoms with Crippen molar-refractivity contribution in [3.63, 3.8) is 0 Å². The van der Waals surface area contributed by atoms with Gasteiger partial charge in [0, 0.05) is 56.1 Å². The van der Waals surface area contributed by atoms with E-state index in [4.69, 9.17) is 4.74 Å². The molecule has 2 N–H and O–H groups in total. The Kier molecular flexibility index (Phi) is 5.18. The molecule has 6 nitrogen and oxygen atoms in total. The van der Waals surface area contributed by atoms with Crippen molar-refractivity contribution in [1.82, 2.24) is 9.47 Å². The Labute approximate surface area is 159 Å². The van der Waals surface area contributed by atoms with Crippen molar-refractivity contribution in [3.05, 3.63) is 58.5 Å². The first-order valence-corrected chi connectivity index (χ1v) is 9.60. The summed E-state index contributed by atoms with van der Waals surface area (Å²) in [5.74, 6) is 1.69. The lowest BCUT2D eigenvalue weighted by Crippen LogP contribution is -2.49. The Morgan fingerprint density at radius 2 is 2.00 bits per heavy atom. The van der Waals surface area contributed by atoms with Gasteiger partial charge in [-0.1, -0.05) is 6.07 Å². The second-order valence-electron chi connectivity index (χ2n) is 7.68. The minimum absolute atomic E-state index is 0.111. The van der Waals surface area contributed by atoms with Crippen molar-refractivity contribution in [2.24, 2.45) is 5.92 Å². The first kappa shape index (κ1) is 18.1. The molecule has 1 saturated heterocycles. The molecule has 6 heteroatoms. The van der Waals surface area contributed by atoms with E-state index in [2.05, 4.69) is 16.3 Å². The van der Waals surface area contributed by atoms with E-state index in [1.165, 1.54) is 0 Å². The van der Waals surface area contributed by atoms with Crippen LogP contribution in [-0.2, 0) is 6.54 Å². The predicted molar refractivity (Wildman–Crippen MR) is 105 cm³/mol. The zero-order chi connectivity index (χ0) is 18.8. The van der Waals surface area contributed by atoms with Gasteiger partial charge in [-0.3, -0.25) is 9.69 Å². The van der Waals surface area contributed by atoms with E-state index >= 15 is 0 Å². The van der Waals surface area contributed by atoms with Gasteiger partial charge in [-0.2, -0.15) is 0 Å². The highest BCUT2D eigenvalue weighted by Gasteiger charge is 2.34. The minimum atomic E-state index is -0.441. The van der Waals surface area contributed by atoms with Crippen molar-refractivity contribution in [3.8, 4) is 5.75 Å². The number of rotatable bonds is 6. The number of ether oxygens (including phenoxy) is 1. The molecule has 1 fully saturated rings. The van der Waals surface area contributed by atoms with Crippen LogP contribution >= 0.6 is 0 Å². The van der Waals surface area contributed by atoms with Gasteiger partial charge in [-0.25, -0.2) is 0 Å². The molecule has 3 atom stereocenters. The summed E-state index contributed by atoms with van der Waals surface area (Å²) in [6.45, 7) is 3.79. The van der Waals surface area contributed by atoms with Gasteiger partial charge in [-0.05, 0) is 42.7 Å². The summed E-state index contributed by atoms with van der Waals surface area (Å²) in [6, 6.07) is 13.3. The number of β-amino-alcohol motifs (C(OH)–C–C–N with tert-alkyl or cyclic N) is 1. The summed E-state index contributed by atoms with van der Waals surface area (Å²) in [7, 11) is 1.65. The number of anilines is 1. The number of nitrogens with one attached hydrogen (secondary N) is 1. The number of aliphatic hydroxyl groups is 1. The number of likely N-dealkylation sites (tertiary alicyclic amines) is 1. The molecule has 2 aromatic rings. The number of piperidine rings is 1. The van der Waals surface area contributed by atoms with Gasteiger partial charge < -0.3 is 19.7 Å². The van der Waals surface area contributed by atoms with Crippen molar-refractivity contribution < 1.29 is 9.84 Å². The van der Waals surface area contributed by atoms with Crippen LogP contribution in [0.25, 0.3) is 0 Å².